The first-order chi connectivity index (χ1) is 7.31. The third kappa shape index (κ3) is 1.80. The zero-order valence-corrected chi connectivity index (χ0v) is 9.08. The Hall–Kier alpha value is -0.530. The minimum atomic E-state index is -6.27. The fraction of sp³-hybridized carbons (Fsp3) is 1.00. The van der Waals surface area contributed by atoms with E-state index < -0.39 is 35.3 Å². The molecule has 2 N–H and O–H groups in total. The highest BCUT2D eigenvalue weighted by Gasteiger charge is 2.82. The summed E-state index contributed by atoms with van der Waals surface area (Å²) in [6.45, 7) is 2.06. The lowest BCUT2D eigenvalue weighted by atomic mass is 10.00. The lowest BCUT2D eigenvalue weighted by Crippen LogP contribution is -2.54. The van der Waals surface area contributed by atoms with Crippen LogP contribution in [-0.4, -0.2) is 24.6 Å². The van der Waals surface area contributed by atoms with E-state index in [9.17, 15) is 30.7 Å². The topological polar surface area (TPSA) is 26.0 Å². The van der Waals surface area contributed by atoms with Crippen LogP contribution in [0.1, 0.15) is 13.8 Å². The monoisotopic (exact) mass is 267 g/mol. The molecular formula is C9H12F7N. The Balaban J connectivity index is 3.06. The predicted octanol–water partition coefficient (Wildman–Crippen LogP) is 3.05. The minimum absolute atomic E-state index is 0.346. The zero-order chi connectivity index (χ0) is 13.9. The minimum Gasteiger partial charge on any atom is -0.330 e. The van der Waals surface area contributed by atoms with Gasteiger partial charge in [0.05, 0.1) is 0 Å². The average molecular weight is 267 g/mol. The second-order valence-corrected chi connectivity index (χ2v) is 4.84. The summed E-state index contributed by atoms with van der Waals surface area (Å²) in [7, 11) is 0. The lowest BCUT2D eigenvalue weighted by molar-refractivity contribution is -0.361. The molecule has 1 aliphatic carbocycles. The Morgan fingerprint density at radius 3 is 1.65 bits per heavy atom. The zero-order valence-electron chi connectivity index (χ0n) is 9.08. The van der Waals surface area contributed by atoms with Gasteiger partial charge in [0.1, 0.15) is 0 Å². The van der Waals surface area contributed by atoms with Crippen LogP contribution in [0, 0.1) is 17.3 Å². The summed E-state index contributed by atoms with van der Waals surface area (Å²) in [6.07, 6.45) is -6.27. The molecule has 102 valence electrons. The third-order valence-corrected chi connectivity index (χ3v) is 3.47. The van der Waals surface area contributed by atoms with Crippen LogP contribution in [-0.2, 0) is 0 Å². The van der Waals surface area contributed by atoms with Gasteiger partial charge in [0.25, 0.3) is 0 Å². The third-order valence-electron chi connectivity index (χ3n) is 3.47. The Kier molecular flexibility index (Phi) is 2.98. The molecule has 17 heavy (non-hydrogen) atoms. The highest BCUT2D eigenvalue weighted by molar-refractivity contribution is 5.15. The van der Waals surface area contributed by atoms with E-state index in [0.29, 0.717) is 0 Å². The van der Waals surface area contributed by atoms with Crippen molar-refractivity contribution < 1.29 is 30.7 Å². The van der Waals surface area contributed by atoms with Gasteiger partial charge in [-0.15, -0.1) is 0 Å². The first-order valence-corrected chi connectivity index (χ1v) is 4.84. The van der Waals surface area contributed by atoms with Gasteiger partial charge in [0.15, 0.2) is 0 Å². The van der Waals surface area contributed by atoms with Crippen molar-refractivity contribution in [3.8, 4) is 0 Å². The Morgan fingerprint density at radius 1 is 1.00 bits per heavy atom. The summed E-state index contributed by atoms with van der Waals surface area (Å²) in [4.78, 5) is 0. The summed E-state index contributed by atoms with van der Waals surface area (Å²) >= 11 is 0. The van der Waals surface area contributed by atoms with Gasteiger partial charge < -0.3 is 5.73 Å². The molecule has 0 heterocycles. The second kappa shape index (κ2) is 3.49. The number of rotatable bonds is 3. The fourth-order valence-corrected chi connectivity index (χ4v) is 2.29. The number of nitrogens with two attached hydrogens (primary N) is 1. The molecule has 1 nitrogen and oxygen atoms in total. The SMILES string of the molecule is CC1(C)[C@@H](CN)[C@@H]1C(F)(F)C(F)(F)C(F)(F)F. The molecule has 2 atom stereocenters. The van der Waals surface area contributed by atoms with Gasteiger partial charge in [0.2, 0.25) is 0 Å². The van der Waals surface area contributed by atoms with Crippen LogP contribution in [0.2, 0.25) is 0 Å². The van der Waals surface area contributed by atoms with E-state index in [4.69, 9.17) is 5.73 Å². The summed E-state index contributed by atoms with van der Waals surface area (Å²) in [5.74, 6) is -14.3. The van der Waals surface area contributed by atoms with Gasteiger partial charge in [-0.05, 0) is 17.9 Å². The molecule has 0 unspecified atom stereocenters. The number of alkyl halides is 7. The van der Waals surface area contributed by atoms with Crippen LogP contribution in [0.4, 0.5) is 30.7 Å². The maximum atomic E-state index is 13.3. The van der Waals surface area contributed by atoms with Crippen LogP contribution in [0.15, 0.2) is 0 Å². The van der Waals surface area contributed by atoms with E-state index >= 15 is 0 Å². The summed E-state index contributed by atoms with van der Waals surface area (Å²) < 4.78 is 87.9. The normalized spacial score (nSPS) is 29.3. The predicted molar refractivity (Wildman–Crippen MR) is 45.8 cm³/mol. The van der Waals surface area contributed by atoms with Gasteiger partial charge in [-0.25, -0.2) is 0 Å². The molecule has 8 heteroatoms. The first kappa shape index (κ1) is 14.5. The van der Waals surface area contributed by atoms with Crippen LogP contribution < -0.4 is 5.73 Å². The second-order valence-electron chi connectivity index (χ2n) is 4.84. The lowest BCUT2D eigenvalue weighted by Gasteiger charge is -2.29. The van der Waals surface area contributed by atoms with E-state index in [2.05, 4.69) is 0 Å². The van der Waals surface area contributed by atoms with Crippen LogP contribution >= 0.6 is 0 Å². The summed E-state index contributed by atoms with van der Waals surface area (Å²) in [5.41, 5.74) is 3.78. The molecule has 0 radical (unpaired) electrons. The van der Waals surface area contributed by atoms with Gasteiger partial charge in [0, 0.05) is 5.92 Å². The molecule has 0 bridgehead atoms. The molecule has 1 saturated carbocycles. The van der Waals surface area contributed by atoms with Crippen LogP contribution in [0.3, 0.4) is 0 Å². The molecule has 0 amide bonds. The summed E-state index contributed by atoms with van der Waals surface area (Å²) in [5, 5.41) is 0. The first-order valence-electron chi connectivity index (χ1n) is 4.84. The quantitative estimate of drug-likeness (QED) is 0.781. The van der Waals surface area contributed by atoms with Gasteiger partial charge >= 0.3 is 18.0 Å². The highest BCUT2D eigenvalue weighted by Crippen LogP contribution is 2.68. The Bertz CT molecular complexity index is 307. The van der Waals surface area contributed by atoms with E-state index in [-0.39, 0.29) is 6.54 Å². The molecule has 0 aromatic rings. The van der Waals surface area contributed by atoms with E-state index in [0.717, 1.165) is 0 Å². The van der Waals surface area contributed by atoms with Crippen molar-refractivity contribution in [2.75, 3.05) is 6.54 Å². The van der Waals surface area contributed by atoms with Crippen molar-refractivity contribution in [3.63, 3.8) is 0 Å². The maximum absolute atomic E-state index is 13.3. The Morgan fingerprint density at radius 2 is 1.41 bits per heavy atom. The van der Waals surface area contributed by atoms with E-state index in [1.165, 1.54) is 13.8 Å². The largest absolute Gasteiger partial charge is 0.459 e. The van der Waals surface area contributed by atoms with Crippen molar-refractivity contribution in [1.82, 2.24) is 0 Å². The number of hydrogen-bond acceptors (Lipinski definition) is 1. The van der Waals surface area contributed by atoms with Gasteiger partial charge in [-0.1, -0.05) is 13.8 Å². The smallest absolute Gasteiger partial charge is 0.330 e. The van der Waals surface area contributed by atoms with Crippen molar-refractivity contribution in [3.05, 3.63) is 0 Å². The van der Waals surface area contributed by atoms with Crippen LogP contribution in [0.25, 0.3) is 0 Å². The van der Waals surface area contributed by atoms with Crippen LogP contribution in [0.5, 0.6) is 0 Å². The fourth-order valence-electron chi connectivity index (χ4n) is 2.29. The molecule has 0 saturated heterocycles. The van der Waals surface area contributed by atoms with Crippen molar-refractivity contribution in [1.29, 1.82) is 0 Å². The molecule has 1 rings (SSSR count). The highest BCUT2D eigenvalue weighted by atomic mass is 19.4. The van der Waals surface area contributed by atoms with E-state index in [1.54, 1.807) is 0 Å². The van der Waals surface area contributed by atoms with Gasteiger partial charge in [-0.3, -0.25) is 0 Å². The van der Waals surface area contributed by atoms with E-state index in [1.807, 2.05) is 0 Å². The average Bonchev–Trinajstić information content (AvgIpc) is 2.66. The number of halogens is 7. The molecule has 1 aliphatic rings. The van der Waals surface area contributed by atoms with Gasteiger partial charge in [-0.2, -0.15) is 30.7 Å². The summed E-state index contributed by atoms with van der Waals surface area (Å²) in [6, 6.07) is 0. The Labute approximate surface area is 93.2 Å². The number of hydrogen-bond donors (Lipinski definition) is 1. The molecule has 1 fully saturated rings. The molecule has 0 aromatic carbocycles. The maximum Gasteiger partial charge on any atom is 0.459 e. The van der Waals surface area contributed by atoms with Crippen molar-refractivity contribution in [2.24, 2.45) is 23.0 Å². The van der Waals surface area contributed by atoms with Crippen molar-refractivity contribution in [2.45, 2.75) is 31.9 Å². The molecule has 0 spiro atoms. The van der Waals surface area contributed by atoms with Crippen molar-refractivity contribution >= 4 is 0 Å². The standard InChI is InChI=1S/C9H12F7N/c1-6(2)4(3-17)5(6)7(10,11)8(12,13)9(14,15)16/h4-5H,3,17H2,1-2H3/t4-,5-/m0/s1. The molecule has 0 aliphatic heterocycles. The molecule has 0 aromatic heterocycles. The molecular weight excluding hydrogens is 255 g/mol.